The Labute approximate surface area is 120 Å². The fraction of sp³-hybridized carbons (Fsp3) is 0.385. The molecule has 1 aliphatic rings. The molecule has 19 heavy (non-hydrogen) atoms. The zero-order chi connectivity index (χ0) is 13.7. The number of hydrogen-bond acceptors (Lipinski definition) is 4. The molecule has 0 aliphatic carbocycles. The zero-order valence-corrected chi connectivity index (χ0v) is 12.2. The Morgan fingerprint density at radius 3 is 2.95 bits per heavy atom. The van der Waals surface area contributed by atoms with Crippen LogP contribution in [-0.2, 0) is 4.79 Å². The minimum absolute atomic E-state index is 0.0741. The number of fused-ring (bicyclic) bond motifs is 1. The smallest absolute Gasteiger partial charge is 0.240 e. The predicted molar refractivity (Wildman–Crippen MR) is 75.5 cm³/mol. The van der Waals surface area contributed by atoms with E-state index in [9.17, 15) is 4.79 Å². The molecule has 0 aromatic heterocycles. The molecule has 102 valence electrons. The Morgan fingerprint density at radius 1 is 1.47 bits per heavy atom. The molecule has 1 N–H and O–H groups in total. The van der Waals surface area contributed by atoms with E-state index >= 15 is 0 Å². The molecule has 1 aromatic rings. The molecule has 1 amide bonds. The van der Waals surface area contributed by atoms with E-state index in [1.54, 1.807) is 6.21 Å². The van der Waals surface area contributed by atoms with Gasteiger partial charge in [-0.1, -0.05) is 13.3 Å². The molecule has 0 bridgehead atoms. The lowest BCUT2D eigenvalue weighted by Gasteiger charge is -2.02. The number of hydrazone groups is 1. The van der Waals surface area contributed by atoms with Crippen LogP contribution in [0.25, 0.3) is 0 Å². The summed E-state index contributed by atoms with van der Waals surface area (Å²) in [6.45, 7) is 2.27. The van der Waals surface area contributed by atoms with Gasteiger partial charge in [-0.3, -0.25) is 4.79 Å². The van der Waals surface area contributed by atoms with E-state index in [-0.39, 0.29) is 12.7 Å². The van der Waals surface area contributed by atoms with Gasteiger partial charge in [0.05, 0.1) is 6.21 Å². The summed E-state index contributed by atoms with van der Waals surface area (Å²) in [5.41, 5.74) is 3.32. The van der Waals surface area contributed by atoms with Crippen LogP contribution < -0.4 is 14.9 Å². The fourth-order valence-electron chi connectivity index (χ4n) is 1.60. The number of benzene rings is 1. The first-order valence-corrected chi connectivity index (χ1v) is 6.91. The molecule has 5 nitrogen and oxygen atoms in total. The lowest BCUT2D eigenvalue weighted by atomic mass is 10.2. The van der Waals surface area contributed by atoms with Gasteiger partial charge in [-0.15, -0.1) is 0 Å². The highest BCUT2D eigenvalue weighted by atomic mass is 79.9. The Balaban J connectivity index is 1.97. The van der Waals surface area contributed by atoms with Crippen LogP contribution in [0.4, 0.5) is 0 Å². The highest BCUT2D eigenvalue weighted by molar-refractivity contribution is 9.10. The van der Waals surface area contributed by atoms with Gasteiger partial charge in [0, 0.05) is 16.5 Å². The zero-order valence-electron chi connectivity index (χ0n) is 10.6. The number of ether oxygens (including phenoxy) is 2. The van der Waals surface area contributed by atoms with Crippen LogP contribution in [0.1, 0.15) is 31.7 Å². The maximum Gasteiger partial charge on any atom is 0.240 e. The van der Waals surface area contributed by atoms with Gasteiger partial charge in [0.15, 0.2) is 11.5 Å². The maximum atomic E-state index is 11.4. The number of halogens is 1. The Hall–Kier alpha value is -1.56. The second-order valence-electron chi connectivity index (χ2n) is 4.12. The van der Waals surface area contributed by atoms with E-state index in [2.05, 4.69) is 26.5 Å². The van der Waals surface area contributed by atoms with Crippen LogP contribution in [0.5, 0.6) is 11.5 Å². The molecular formula is C13H15BrN2O3. The first-order chi connectivity index (χ1) is 9.20. The number of nitrogens with one attached hydrogen (secondary N) is 1. The third-order valence-corrected chi connectivity index (χ3v) is 3.33. The van der Waals surface area contributed by atoms with Gasteiger partial charge in [0.25, 0.3) is 0 Å². The monoisotopic (exact) mass is 326 g/mol. The van der Waals surface area contributed by atoms with Gasteiger partial charge >= 0.3 is 0 Å². The van der Waals surface area contributed by atoms with Gasteiger partial charge in [-0.05, 0) is 34.5 Å². The molecular weight excluding hydrogens is 312 g/mol. The van der Waals surface area contributed by atoms with Gasteiger partial charge in [-0.25, -0.2) is 5.43 Å². The molecule has 0 spiro atoms. The van der Waals surface area contributed by atoms with Crippen molar-refractivity contribution in [2.24, 2.45) is 5.10 Å². The van der Waals surface area contributed by atoms with Crippen molar-refractivity contribution in [1.29, 1.82) is 0 Å². The van der Waals surface area contributed by atoms with E-state index in [0.29, 0.717) is 17.9 Å². The molecule has 2 rings (SSSR count). The molecule has 0 atom stereocenters. The van der Waals surface area contributed by atoms with E-state index in [1.165, 1.54) is 0 Å². The molecule has 1 aliphatic heterocycles. The van der Waals surface area contributed by atoms with Crippen LogP contribution in [0.2, 0.25) is 0 Å². The Kier molecular flexibility index (Phi) is 4.79. The van der Waals surface area contributed by atoms with Crippen LogP contribution in [0.3, 0.4) is 0 Å². The van der Waals surface area contributed by atoms with Crippen LogP contribution in [0.15, 0.2) is 21.7 Å². The number of carbonyl (C=O) groups excluding carboxylic acids is 1. The first-order valence-electron chi connectivity index (χ1n) is 6.11. The predicted octanol–water partition coefficient (Wildman–Crippen LogP) is 2.82. The molecule has 0 saturated heterocycles. The molecule has 6 heteroatoms. The highest BCUT2D eigenvalue weighted by Crippen LogP contribution is 2.36. The summed E-state index contributed by atoms with van der Waals surface area (Å²) < 4.78 is 11.4. The number of nitrogens with zero attached hydrogens (tertiary/aromatic N) is 1. The van der Waals surface area contributed by atoms with Crippen molar-refractivity contribution in [3.63, 3.8) is 0 Å². The van der Waals surface area contributed by atoms with Crippen molar-refractivity contribution >= 4 is 28.1 Å². The summed E-state index contributed by atoms with van der Waals surface area (Å²) >= 11 is 3.42. The van der Waals surface area contributed by atoms with Crippen molar-refractivity contribution in [2.75, 3.05) is 6.79 Å². The second kappa shape index (κ2) is 6.56. The molecule has 0 saturated carbocycles. The van der Waals surface area contributed by atoms with E-state index in [4.69, 9.17) is 9.47 Å². The van der Waals surface area contributed by atoms with Crippen molar-refractivity contribution < 1.29 is 14.3 Å². The SMILES string of the molecule is CCCCC(=O)N/N=C/c1cc2c(cc1Br)OCO2. The summed E-state index contributed by atoms with van der Waals surface area (Å²) in [5, 5.41) is 3.93. The summed E-state index contributed by atoms with van der Waals surface area (Å²) in [7, 11) is 0. The van der Waals surface area contributed by atoms with Crippen LogP contribution in [-0.4, -0.2) is 18.9 Å². The second-order valence-corrected chi connectivity index (χ2v) is 4.98. The number of hydrogen-bond donors (Lipinski definition) is 1. The maximum absolute atomic E-state index is 11.4. The summed E-state index contributed by atoms with van der Waals surface area (Å²) in [4.78, 5) is 11.4. The van der Waals surface area contributed by atoms with Crippen molar-refractivity contribution in [2.45, 2.75) is 26.2 Å². The van der Waals surface area contributed by atoms with Crippen molar-refractivity contribution in [3.05, 3.63) is 22.2 Å². The standard InChI is InChI=1S/C13H15BrN2O3/c1-2-3-4-13(17)16-15-7-9-5-11-12(6-10(9)14)19-8-18-11/h5-7H,2-4,8H2,1H3,(H,16,17)/b15-7+. The molecule has 0 unspecified atom stereocenters. The first kappa shape index (κ1) is 13.9. The minimum atomic E-state index is -0.0741. The number of unbranched alkanes of at least 4 members (excludes halogenated alkanes) is 1. The van der Waals surface area contributed by atoms with E-state index < -0.39 is 0 Å². The summed E-state index contributed by atoms with van der Waals surface area (Å²) in [6.07, 6.45) is 3.94. The van der Waals surface area contributed by atoms with Crippen molar-refractivity contribution in [1.82, 2.24) is 5.43 Å². The van der Waals surface area contributed by atoms with E-state index in [1.807, 2.05) is 19.1 Å². The van der Waals surface area contributed by atoms with Gasteiger partial charge < -0.3 is 9.47 Å². The third kappa shape index (κ3) is 3.70. The lowest BCUT2D eigenvalue weighted by Crippen LogP contribution is -2.16. The molecule has 0 radical (unpaired) electrons. The quantitative estimate of drug-likeness (QED) is 0.668. The van der Waals surface area contributed by atoms with E-state index in [0.717, 1.165) is 22.9 Å². The van der Waals surface area contributed by atoms with Crippen molar-refractivity contribution in [3.8, 4) is 11.5 Å². The number of rotatable bonds is 5. The van der Waals surface area contributed by atoms with Gasteiger partial charge in [0.2, 0.25) is 12.7 Å². The van der Waals surface area contributed by atoms with Crippen LogP contribution in [0, 0.1) is 0 Å². The topological polar surface area (TPSA) is 59.9 Å². The molecule has 1 aromatic carbocycles. The highest BCUT2D eigenvalue weighted by Gasteiger charge is 2.15. The number of amides is 1. The Bertz CT molecular complexity index is 503. The minimum Gasteiger partial charge on any atom is -0.454 e. The normalized spacial score (nSPS) is 12.9. The molecule has 0 fully saturated rings. The fourth-order valence-corrected chi connectivity index (χ4v) is 2.02. The van der Waals surface area contributed by atoms with Gasteiger partial charge in [-0.2, -0.15) is 5.10 Å². The third-order valence-electron chi connectivity index (χ3n) is 2.64. The summed E-state index contributed by atoms with van der Waals surface area (Å²) in [5.74, 6) is 1.31. The average Bonchev–Trinajstić information content (AvgIpc) is 2.83. The Morgan fingerprint density at radius 2 is 2.21 bits per heavy atom. The summed E-state index contributed by atoms with van der Waals surface area (Å²) in [6, 6.07) is 3.64. The van der Waals surface area contributed by atoms with Gasteiger partial charge in [0.1, 0.15) is 0 Å². The largest absolute Gasteiger partial charge is 0.454 e. The van der Waals surface area contributed by atoms with Crippen LogP contribution >= 0.6 is 15.9 Å². The molecule has 1 heterocycles. The number of carbonyl (C=O) groups is 1. The lowest BCUT2D eigenvalue weighted by molar-refractivity contribution is -0.121. The average molecular weight is 327 g/mol.